The molecule has 0 aliphatic rings. The van der Waals surface area contributed by atoms with Gasteiger partial charge in [0.2, 0.25) is 0 Å². The van der Waals surface area contributed by atoms with Gasteiger partial charge in [-0.3, -0.25) is 14.9 Å². The smallest absolute Gasteiger partial charge is 0.272 e. The standard InChI is InChI=1S/C19H23N3O4/c1-13-11-15(7-10-17(13)22(24)25)19(23)20-12-18(21(2)3)14-5-8-16(26-4)9-6-14/h5-11,18H,12H2,1-4H3,(H,20,23). The minimum atomic E-state index is -0.456. The van der Waals surface area contributed by atoms with Gasteiger partial charge in [-0.1, -0.05) is 12.1 Å². The lowest BCUT2D eigenvalue weighted by Gasteiger charge is -2.25. The highest BCUT2D eigenvalue weighted by atomic mass is 16.6. The summed E-state index contributed by atoms with van der Waals surface area (Å²) in [5.74, 6) is 0.514. The van der Waals surface area contributed by atoms with Crippen LogP contribution in [0.25, 0.3) is 0 Å². The minimum absolute atomic E-state index is 0.00551. The van der Waals surface area contributed by atoms with E-state index < -0.39 is 4.92 Å². The van der Waals surface area contributed by atoms with Crippen LogP contribution in [0.3, 0.4) is 0 Å². The quantitative estimate of drug-likeness (QED) is 0.608. The fraction of sp³-hybridized carbons (Fsp3) is 0.316. The average molecular weight is 357 g/mol. The van der Waals surface area contributed by atoms with Gasteiger partial charge in [0.15, 0.2) is 0 Å². The Hall–Kier alpha value is -2.93. The van der Waals surface area contributed by atoms with Crippen molar-refractivity contribution in [1.29, 1.82) is 0 Å². The van der Waals surface area contributed by atoms with Crippen molar-refractivity contribution in [3.05, 3.63) is 69.3 Å². The lowest BCUT2D eigenvalue weighted by Crippen LogP contribution is -2.34. The van der Waals surface area contributed by atoms with Crippen molar-refractivity contribution in [3.8, 4) is 5.75 Å². The van der Waals surface area contributed by atoms with Crippen molar-refractivity contribution >= 4 is 11.6 Å². The molecule has 0 radical (unpaired) electrons. The summed E-state index contributed by atoms with van der Waals surface area (Å²) in [6, 6.07) is 12.0. The van der Waals surface area contributed by atoms with E-state index in [2.05, 4.69) is 5.32 Å². The van der Waals surface area contributed by atoms with Gasteiger partial charge >= 0.3 is 0 Å². The number of nitrogens with zero attached hydrogens (tertiary/aromatic N) is 2. The second kappa shape index (κ2) is 8.44. The van der Waals surface area contributed by atoms with Crippen molar-refractivity contribution in [1.82, 2.24) is 10.2 Å². The molecule has 7 nitrogen and oxygen atoms in total. The molecule has 7 heteroatoms. The van der Waals surface area contributed by atoms with Crippen molar-refractivity contribution < 1.29 is 14.5 Å². The van der Waals surface area contributed by atoms with E-state index in [1.165, 1.54) is 18.2 Å². The summed E-state index contributed by atoms with van der Waals surface area (Å²) in [5, 5.41) is 13.8. The SMILES string of the molecule is COc1ccc(C(CNC(=O)c2ccc([N+](=O)[O-])c(C)c2)N(C)C)cc1. The molecule has 1 N–H and O–H groups in total. The maximum Gasteiger partial charge on any atom is 0.272 e. The largest absolute Gasteiger partial charge is 0.497 e. The van der Waals surface area contributed by atoms with Gasteiger partial charge in [0, 0.05) is 23.7 Å². The van der Waals surface area contributed by atoms with E-state index in [0.29, 0.717) is 17.7 Å². The fourth-order valence-corrected chi connectivity index (χ4v) is 2.72. The molecule has 0 saturated heterocycles. The van der Waals surface area contributed by atoms with Crippen LogP contribution in [0.2, 0.25) is 0 Å². The first-order chi connectivity index (χ1) is 12.3. The molecule has 0 fully saturated rings. The topological polar surface area (TPSA) is 84.7 Å². The van der Waals surface area contributed by atoms with Crippen LogP contribution in [-0.4, -0.2) is 43.5 Å². The molecule has 0 aliphatic heterocycles. The van der Waals surface area contributed by atoms with E-state index in [4.69, 9.17) is 4.74 Å². The lowest BCUT2D eigenvalue weighted by molar-refractivity contribution is -0.385. The number of carbonyl (C=O) groups is 1. The predicted molar refractivity (Wildman–Crippen MR) is 99.6 cm³/mol. The summed E-state index contributed by atoms with van der Waals surface area (Å²) in [6.07, 6.45) is 0. The zero-order valence-electron chi connectivity index (χ0n) is 15.4. The summed E-state index contributed by atoms with van der Waals surface area (Å²) in [7, 11) is 5.50. The van der Waals surface area contributed by atoms with Crippen LogP contribution in [0, 0.1) is 17.0 Å². The van der Waals surface area contributed by atoms with Crippen LogP contribution in [0.4, 0.5) is 5.69 Å². The molecule has 0 saturated carbocycles. The number of rotatable bonds is 7. The van der Waals surface area contributed by atoms with Crippen molar-refractivity contribution in [2.24, 2.45) is 0 Å². The number of nitro benzene ring substituents is 1. The number of amides is 1. The Morgan fingerprint density at radius 2 is 1.88 bits per heavy atom. The predicted octanol–water partition coefficient (Wildman–Crippen LogP) is 2.94. The summed E-state index contributed by atoms with van der Waals surface area (Å²) in [5.41, 5.74) is 1.92. The van der Waals surface area contributed by atoms with Gasteiger partial charge in [-0.15, -0.1) is 0 Å². The van der Waals surface area contributed by atoms with E-state index in [9.17, 15) is 14.9 Å². The number of methoxy groups -OCH3 is 1. The second-order valence-corrected chi connectivity index (χ2v) is 6.22. The Morgan fingerprint density at radius 1 is 1.23 bits per heavy atom. The Morgan fingerprint density at radius 3 is 2.38 bits per heavy atom. The first-order valence-corrected chi connectivity index (χ1v) is 8.17. The molecule has 0 aromatic heterocycles. The van der Waals surface area contributed by atoms with Gasteiger partial charge in [-0.2, -0.15) is 0 Å². The minimum Gasteiger partial charge on any atom is -0.497 e. The number of nitrogens with one attached hydrogen (secondary N) is 1. The molecule has 0 bridgehead atoms. The number of hydrogen-bond donors (Lipinski definition) is 1. The third-order valence-electron chi connectivity index (χ3n) is 4.24. The van der Waals surface area contributed by atoms with E-state index in [1.807, 2.05) is 43.3 Å². The maximum absolute atomic E-state index is 12.4. The number of nitro groups is 1. The fourth-order valence-electron chi connectivity index (χ4n) is 2.72. The maximum atomic E-state index is 12.4. The molecule has 1 unspecified atom stereocenters. The molecule has 0 heterocycles. The number of aryl methyl sites for hydroxylation is 1. The summed E-state index contributed by atoms with van der Waals surface area (Å²) in [4.78, 5) is 24.9. The molecule has 26 heavy (non-hydrogen) atoms. The summed E-state index contributed by atoms with van der Waals surface area (Å²) < 4.78 is 5.17. The zero-order chi connectivity index (χ0) is 19.3. The first kappa shape index (κ1) is 19.4. The van der Waals surface area contributed by atoms with Crippen molar-refractivity contribution in [2.45, 2.75) is 13.0 Å². The first-order valence-electron chi connectivity index (χ1n) is 8.17. The van der Waals surface area contributed by atoms with Gasteiger partial charge < -0.3 is 15.0 Å². The number of carbonyl (C=O) groups excluding carboxylic acids is 1. The monoisotopic (exact) mass is 357 g/mol. The molecule has 2 rings (SSSR count). The normalized spacial score (nSPS) is 11.9. The molecule has 1 amide bonds. The molecular weight excluding hydrogens is 334 g/mol. The zero-order valence-corrected chi connectivity index (χ0v) is 15.4. The number of hydrogen-bond acceptors (Lipinski definition) is 5. The third-order valence-corrected chi connectivity index (χ3v) is 4.24. The number of likely N-dealkylation sites (N-methyl/N-ethyl adjacent to an activating group) is 1. The summed E-state index contributed by atoms with van der Waals surface area (Å²) >= 11 is 0. The van der Waals surface area contributed by atoms with E-state index >= 15 is 0 Å². The highest BCUT2D eigenvalue weighted by Gasteiger charge is 2.18. The van der Waals surface area contributed by atoms with Gasteiger partial charge in [0.25, 0.3) is 11.6 Å². The Kier molecular flexibility index (Phi) is 6.30. The van der Waals surface area contributed by atoms with Gasteiger partial charge in [-0.05, 0) is 50.8 Å². The molecular formula is C19H23N3O4. The molecule has 1 atom stereocenters. The van der Waals surface area contributed by atoms with E-state index in [1.54, 1.807) is 14.0 Å². The molecule has 2 aromatic rings. The second-order valence-electron chi connectivity index (χ2n) is 6.22. The number of ether oxygens (including phenoxy) is 1. The molecule has 2 aromatic carbocycles. The van der Waals surface area contributed by atoms with Gasteiger partial charge in [0.1, 0.15) is 5.75 Å². The molecule has 138 valence electrons. The number of benzene rings is 2. The Balaban J connectivity index is 2.09. The van der Waals surface area contributed by atoms with Gasteiger partial charge in [0.05, 0.1) is 18.1 Å². The molecule has 0 spiro atoms. The van der Waals surface area contributed by atoms with Crippen molar-refractivity contribution in [3.63, 3.8) is 0 Å². The Labute approximate surface area is 152 Å². The highest BCUT2D eigenvalue weighted by molar-refractivity contribution is 5.94. The highest BCUT2D eigenvalue weighted by Crippen LogP contribution is 2.22. The van der Waals surface area contributed by atoms with Crippen molar-refractivity contribution in [2.75, 3.05) is 27.7 Å². The van der Waals surface area contributed by atoms with Crippen LogP contribution in [0.15, 0.2) is 42.5 Å². The van der Waals surface area contributed by atoms with E-state index in [-0.39, 0.29) is 17.6 Å². The van der Waals surface area contributed by atoms with Crippen LogP contribution >= 0.6 is 0 Å². The van der Waals surface area contributed by atoms with Gasteiger partial charge in [-0.25, -0.2) is 0 Å². The van der Waals surface area contributed by atoms with Crippen LogP contribution in [-0.2, 0) is 0 Å². The summed E-state index contributed by atoms with van der Waals surface area (Å²) in [6.45, 7) is 2.03. The molecule has 0 aliphatic carbocycles. The van der Waals surface area contributed by atoms with E-state index in [0.717, 1.165) is 11.3 Å². The van der Waals surface area contributed by atoms with Crippen LogP contribution < -0.4 is 10.1 Å². The average Bonchev–Trinajstić information content (AvgIpc) is 2.61. The van der Waals surface area contributed by atoms with Crippen LogP contribution in [0.1, 0.15) is 27.5 Å². The van der Waals surface area contributed by atoms with Crippen LogP contribution in [0.5, 0.6) is 5.75 Å². The lowest BCUT2D eigenvalue weighted by atomic mass is 10.1. The Bertz CT molecular complexity index is 788. The third kappa shape index (κ3) is 4.58.